The first kappa shape index (κ1) is 18.7. The van der Waals surface area contributed by atoms with Crippen LogP contribution in [0.2, 0.25) is 0 Å². The van der Waals surface area contributed by atoms with Gasteiger partial charge in [-0.2, -0.15) is 0 Å². The Labute approximate surface area is 149 Å². The van der Waals surface area contributed by atoms with Gasteiger partial charge >= 0.3 is 0 Å². The molecule has 0 bridgehead atoms. The maximum absolute atomic E-state index is 12.6. The van der Waals surface area contributed by atoms with Crippen molar-refractivity contribution in [3.63, 3.8) is 0 Å². The number of benzene rings is 2. The van der Waals surface area contributed by atoms with Gasteiger partial charge in [-0.25, -0.2) is 0 Å². The van der Waals surface area contributed by atoms with Crippen molar-refractivity contribution in [2.75, 3.05) is 30.4 Å². The molecule has 0 heterocycles. The van der Waals surface area contributed by atoms with Crippen molar-refractivity contribution < 1.29 is 9.59 Å². The summed E-state index contributed by atoms with van der Waals surface area (Å²) in [5, 5.41) is 5.78. The predicted molar refractivity (Wildman–Crippen MR) is 102 cm³/mol. The number of anilines is 2. The van der Waals surface area contributed by atoms with Crippen LogP contribution >= 0.6 is 0 Å². The first-order chi connectivity index (χ1) is 12.1. The fourth-order valence-corrected chi connectivity index (χ4v) is 2.55. The lowest BCUT2D eigenvalue weighted by Gasteiger charge is -2.21. The molecule has 0 atom stereocenters. The van der Waals surface area contributed by atoms with Crippen LogP contribution in [0.15, 0.2) is 54.6 Å². The highest BCUT2D eigenvalue weighted by atomic mass is 16.2. The third-order valence-corrected chi connectivity index (χ3v) is 3.88. The van der Waals surface area contributed by atoms with Gasteiger partial charge in [0.25, 0.3) is 0 Å². The number of carbonyl (C=O) groups excluding carboxylic acids is 2. The maximum Gasteiger partial charge on any atom is 0.231 e. The summed E-state index contributed by atoms with van der Waals surface area (Å²) >= 11 is 0. The van der Waals surface area contributed by atoms with Crippen molar-refractivity contribution in [3.05, 3.63) is 60.2 Å². The lowest BCUT2D eigenvalue weighted by atomic mass is 10.1. The highest BCUT2D eigenvalue weighted by molar-refractivity contribution is 5.95. The normalized spacial score (nSPS) is 10.3. The van der Waals surface area contributed by atoms with Gasteiger partial charge in [0, 0.05) is 30.9 Å². The first-order valence-electron chi connectivity index (χ1n) is 8.53. The summed E-state index contributed by atoms with van der Waals surface area (Å²) in [5.41, 5.74) is 2.57. The molecule has 5 nitrogen and oxygen atoms in total. The molecule has 0 unspecified atom stereocenters. The first-order valence-corrected chi connectivity index (χ1v) is 8.53. The van der Waals surface area contributed by atoms with Gasteiger partial charge in [-0.05, 0) is 43.8 Å². The Morgan fingerprint density at radius 2 is 1.68 bits per heavy atom. The van der Waals surface area contributed by atoms with E-state index >= 15 is 0 Å². The topological polar surface area (TPSA) is 61.4 Å². The lowest BCUT2D eigenvalue weighted by Crippen LogP contribution is -2.31. The Morgan fingerprint density at radius 3 is 2.28 bits per heavy atom. The van der Waals surface area contributed by atoms with E-state index in [1.54, 1.807) is 4.90 Å². The predicted octanol–water partition coefficient (Wildman–Crippen LogP) is 2.83. The summed E-state index contributed by atoms with van der Waals surface area (Å²) in [6, 6.07) is 17.1. The van der Waals surface area contributed by atoms with Gasteiger partial charge in [0.15, 0.2) is 0 Å². The third-order valence-electron chi connectivity index (χ3n) is 3.88. The summed E-state index contributed by atoms with van der Waals surface area (Å²) in [4.78, 5) is 26.1. The van der Waals surface area contributed by atoms with Crippen LogP contribution in [0.1, 0.15) is 18.9 Å². The molecule has 0 spiro atoms. The van der Waals surface area contributed by atoms with Crippen LogP contribution in [0.3, 0.4) is 0 Å². The molecule has 0 radical (unpaired) electrons. The monoisotopic (exact) mass is 339 g/mol. The number of likely N-dealkylation sites (N-methyl/N-ethyl adjacent to an activating group) is 1. The van der Waals surface area contributed by atoms with Crippen molar-refractivity contribution in [1.29, 1.82) is 0 Å². The second-order valence-corrected chi connectivity index (χ2v) is 5.75. The fourth-order valence-electron chi connectivity index (χ4n) is 2.55. The zero-order valence-electron chi connectivity index (χ0n) is 14.8. The Morgan fingerprint density at radius 1 is 1.00 bits per heavy atom. The molecule has 2 aromatic carbocycles. The van der Waals surface area contributed by atoms with Crippen molar-refractivity contribution in [3.8, 4) is 0 Å². The van der Waals surface area contributed by atoms with Crippen LogP contribution in [-0.4, -0.2) is 32.0 Å². The molecule has 2 amide bonds. The zero-order valence-corrected chi connectivity index (χ0v) is 14.8. The molecule has 0 aliphatic heterocycles. The molecule has 0 saturated carbocycles. The molecular weight excluding hydrogens is 314 g/mol. The van der Waals surface area contributed by atoms with Crippen LogP contribution in [-0.2, 0) is 16.0 Å². The van der Waals surface area contributed by atoms with Crippen LogP contribution < -0.4 is 15.5 Å². The summed E-state index contributed by atoms with van der Waals surface area (Å²) in [5.74, 6) is 0.0268. The van der Waals surface area contributed by atoms with E-state index in [0.29, 0.717) is 25.9 Å². The highest BCUT2D eigenvalue weighted by Crippen LogP contribution is 2.16. The molecule has 0 aromatic heterocycles. The molecule has 132 valence electrons. The number of para-hydroxylation sites is 1. The maximum atomic E-state index is 12.6. The average molecular weight is 339 g/mol. The van der Waals surface area contributed by atoms with Crippen molar-refractivity contribution in [2.45, 2.75) is 19.8 Å². The largest absolute Gasteiger partial charge is 0.326 e. The van der Waals surface area contributed by atoms with Gasteiger partial charge in [-0.15, -0.1) is 0 Å². The van der Waals surface area contributed by atoms with E-state index in [2.05, 4.69) is 10.6 Å². The summed E-state index contributed by atoms with van der Waals surface area (Å²) in [6.45, 7) is 3.24. The standard InChI is InChI=1S/C20H25N3O2/c1-3-23(18-7-5-4-6-8-18)20(25)15-16-9-11-17(12-10-16)22-19(24)13-14-21-2/h4-12,21H,3,13-15H2,1-2H3,(H,22,24). The molecule has 2 aromatic rings. The van der Waals surface area contributed by atoms with E-state index in [1.807, 2.05) is 68.6 Å². The van der Waals surface area contributed by atoms with E-state index in [1.165, 1.54) is 0 Å². The number of amides is 2. The number of hydrogen-bond acceptors (Lipinski definition) is 3. The van der Waals surface area contributed by atoms with E-state index in [0.717, 1.165) is 16.9 Å². The van der Waals surface area contributed by atoms with Gasteiger partial charge in [0.2, 0.25) is 11.8 Å². The highest BCUT2D eigenvalue weighted by Gasteiger charge is 2.14. The molecule has 2 rings (SSSR count). The van der Waals surface area contributed by atoms with Gasteiger partial charge in [-0.3, -0.25) is 9.59 Å². The van der Waals surface area contributed by atoms with E-state index in [-0.39, 0.29) is 11.8 Å². The smallest absolute Gasteiger partial charge is 0.231 e. The van der Waals surface area contributed by atoms with Crippen LogP contribution in [0.4, 0.5) is 11.4 Å². The van der Waals surface area contributed by atoms with Crippen molar-refractivity contribution in [2.24, 2.45) is 0 Å². The Hall–Kier alpha value is -2.66. The van der Waals surface area contributed by atoms with Gasteiger partial charge < -0.3 is 15.5 Å². The molecule has 0 aliphatic carbocycles. The van der Waals surface area contributed by atoms with Gasteiger partial charge in [0.05, 0.1) is 6.42 Å². The number of nitrogens with one attached hydrogen (secondary N) is 2. The van der Waals surface area contributed by atoms with Gasteiger partial charge in [-0.1, -0.05) is 30.3 Å². The number of nitrogens with zero attached hydrogens (tertiary/aromatic N) is 1. The van der Waals surface area contributed by atoms with Gasteiger partial charge in [0.1, 0.15) is 0 Å². The molecular formula is C20H25N3O2. The van der Waals surface area contributed by atoms with E-state index in [4.69, 9.17) is 0 Å². The SMILES string of the molecule is CCN(C(=O)Cc1ccc(NC(=O)CCNC)cc1)c1ccccc1. The summed E-state index contributed by atoms with van der Waals surface area (Å²) < 4.78 is 0. The molecule has 5 heteroatoms. The quantitative estimate of drug-likeness (QED) is 0.777. The third kappa shape index (κ3) is 5.72. The van der Waals surface area contributed by atoms with E-state index < -0.39 is 0 Å². The fraction of sp³-hybridized carbons (Fsp3) is 0.300. The number of carbonyl (C=O) groups is 2. The summed E-state index contributed by atoms with van der Waals surface area (Å²) in [6.07, 6.45) is 0.760. The molecule has 0 fully saturated rings. The van der Waals surface area contributed by atoms with Crippen LogP contribution in [0, 0.1) is 0 Å². The minimum Gasteiger partial charge on any atom is -0.326 e. The molecule has 2 N–H and O–H groups in total. The lowest BCUT2D eigenvalue weighted by molar-refractivity contribution is -0.118. The zero-order chi connectivity index (χ0) is 18.1. The second kappa shape index (κ2) is 9.59. The number of hydrogen-bond donors (Lipinski definition) is 2. The van der Waals surface area contributed by atoms with Crippen molar-refractivity contribution in [1.82, 2.24) is 5.32 Å². The average Bonchev–Trinajstić information content (AvgIpc) is 2.63. The van der Waals surface area contributed by atoms with Crippen molar-refractivity contribution >= 4 is 23.2 Å². The van der Waals surface area contributed by atoms with Crippen LogP contribution in [0.5, 0.6) is 0 Å². The van der Waals surface area contributed by atoms with Crippen LogP contribution in [0.25, 0.3) is 0 Å². The molecule has 0 aliphatic rings. The second-order valence-electron chi connectivity index (χ2n) is 5.75. The van der Waals surface area contributed by atoms with E-state index in [9.17, 15) is 9.59 Å². The minimum atomic E-state index is -0.0283. The molecule has 0 saturated heterocycles. The minimum absolute atomic E-state index is 0.0283. The Bertz CT molecular complexity index is 684. The summed E-state index contributed by atoms with van der Waals surface area (Å²) in [7, 11) is 1.81. The Balaban J connectivity index is 1.96. The number of rotatable bonds is 8. The Kier molecular flexibility index (Phi) is 7.16. The molecule has 25 heavy (non-hydrogen) atoms.